The maximum atomic E-state index is 4.68. The predicted octanol–water partition coefficient (Wildman–Crippen LogP) is 9.19. The normalized spacial score (nSPS) is 10.5. The second kappa shape index (κ2) is 26.8. The summed E-state index contributed by atoms with van der Waals surface area (Å²) >= 11 is 0. The van der Waals surface area contributed by atoms with Crippen molar-refractivity contribution in [2.24, 2.45) is 10.9 Å². The van der Waals surface area contributed by atoms with Crippen molar-refractivity contribution in [3.8, 4) is 0 Å². The Morgan fingerprint density at radius 3 is 1.62 bits per heavy atom. The zero-order valence-electron chi connectivity index (χ0n) is 28.6. The number of aliphatic imine (C=N–C) groups is 1. The van der Waals surface area contributed by atoms with Crippen LogP contribution in [-0.2, 0) is 30.2 Å². The SMILES string of the molecule is C=CC(=C)C.CC(C)C(N=Cc1ccccn1)c1ccccc1.CN(C)Cc1[c-]cccc1.CN(C)Cc1[c-]cccc1.[CH3-].[Fe+5]. The van der Waals surface area contributed by atoms with E-state index in [0.29, 0.717) is 5.92 Å². The summed E-state index contributed by atoms with van der Waals surface area (Å²) < 4.78 is 0. The smallest absolute Gasteiger partial charge is 0.358 e. The van der Waals surface area contributed by atoms with Gasteiger partial charge in [0.25, 0.3) is 0 Å². The average molecular weight is 646 g/mol. The van der Waals surface area contributed by atoms with Crippen molar-refractivity contribution in [3.05, 3.63) is 170 Å². The Morgan fingerprint density at radius 1 is 0.800 bits per heavy atom. The fourth-order valence-corrected chi connectivity index (χ4v) is 3.64. The molecule has 5 heteroatoms. The van der Waals surface area contributed by atoms with E-state index in [0.717, 1.165) is 24.4 Å². The minimum atomic E-state index is 0. The standard InChI is InChI=1S/C16H18N2.2C9H12N.C5H8.CH3.Fe/c1-13(2)16(14-8-4-3-5-9-14)18-12-15-10-6-7-11-17-15;2*1-10(2)8-9-6-4-3-5-7-9;1-4-5(2)3;;/h3-13,16H,1-2H3;2*3-6H,8H2,1-2H3;4H,1-2H2,3H3;1H3;/q;2*-1;;-1;+5. The molecule has 0 fully saturated rings. The van der Waals surface area contributed by atoms with Gasteiger partial charge in [-0.2, -0.15) is 60.7 Å². The molecule has 4 aromatic rings. The first-order chi connectivity index (χ1) is 20.6. The van der Waals surface area contributed by atoms with Gasteiger partial charge < -0.3 is 17.2 Å². The summed E-state index contributed by atoms with van der Waals surface area (Å²) in [4.78, 5) is 13.2. The number of nitrogens with zero attached hydrogens (tertiary/aromatic N) is 4. The van der Waals surface area contributed by atoms with E-state index in [1.165, 1.54) is 16.7 Å². The van der Waals surface area contributed by atoms with Gasteiger partial charge in [-0.3, -0.25) is 9.98 Å². The van der Waals surface area contributed by atoms with E-state index in [4.69, 9.17) is 0 Å². The zero-order valence-corrected chi connectivity index (χ0v) is 29.7. The van der Waals surface area contributed by atoms with Gasteiger partial charge >= 0.3 is 17.1 Å². The molecule has 0 saturated heterocycles. The number of rotatable bonds is 9. The molecule has 0 aliphatic heterocycles. The van der Waals surface area contributed by atoms with Crippen molar-refractivity contribution >= 4 is 6.21 Å². The molecule has 0 amide bonds. The molecule has 0 N–H and O–H groups in total. The van der Waals surface area contributed by atoms with Crippen LogP contribution in [0.2, 0.25) is 0 Å². The monoisotopic (exact) mass is 645 g/mol. The molecule has 239 valence electrons. The third-order valence-electron chi connectivity index (χ3n) is 5.70. The number of allylic oxidation sites excluding steroid dienone is 2. The largest absolute Gasteiger partial charge is 5.00 e. The number of aromatic nitrogens is 1. The topological polar surface area (TPSA) is 31.7 Å². The summed E-state index contributed by atoms with van der Waals surface area (Å²) in [7, 11) is 8.23. The number of benzene rings is 3. The second-order valence-corrected chi connectivity index (χ2v) is 10.9. The third-order valence-corrected chi connectivity index (χ3v) is 5.70. The Hall–Kier alpha value is -3.60. The third kappa shape index (κ3) is 22.5. The molecule has 0 saturated carbocycles. The molecule has 1 aromatic heterocycles. The van der Waals surface area contributed by atoms with Crippen LogP contribution >= 0.6 is 0 Å². The summed E-state index contributed by atoms with van der Waals surface area (Å²) in [5, 5.41) is 0. The van der Waals surface area contributed by atoms with E-state index in [1.807, 2.05) is 73.8 Å². The number of pyridine rings is 1. The van der Waals surface area contributed by atoms with E-state index in [-0.39, 0.29) is 30.5 Å². The van der Waals surface area contributed by atoms with Gasteiger partial charge in [-0.1, -0.05) is 75.1 Å². The van der Waals surface area contributed by atoms with Crippen molar-refractivity contribution < 1.29 is 17.1 Å². The molecule has 1 radical (unpaired) electrons. The Morgan fingerprint density at radius 2 is 1.27 bits per heavy atom. The van der Waals surface area contributed by atoms with Crippen LogP contribution in [-0.4, -0.2) is 49.2 Å². The Bertz CT molecular complexity index is 1230. The van der Waals surface area contributed by atoms with Crippen LogP contribution < -0.4 is 0 Å². The summed E-state index contributed by atoms with van der Waals surface area (Å²) in [5.74, 6) is 0.465. The molecule has 1 unspecified atom stereocenters. The average Bonchev–Trinajstić information content (AvgIpc) is 2.99. The maximum Gasteiger partial charge on any atom is 5.00 e. The van der Waals surface area contributed by atoms with Gasteiger partial charge in [0.1, 0.15) is 0 Å². The van der Waals surface area contributed by atoms with E-state index in [2.05, 4.69) is 124 Å². The molecule has 0 aliphatic rings. The Kier molecular flexibility index (Phi) is 25.9. The number of hydrogen-bond donors (Lipinski definition) is 0. The molecule has 4 nitrogen and oxygen atoms in total. The molecule has 0 spiro atoms. The van der Waals surface area contributed by atoms with E-state index in [1.54, 1.807) is 12.3 Å². The molecule has 4 rings (SSSR count). The molecule has 0 aliphatic carbocycles. The summed E-state index contributed by atoms with van der Waals surface area (Å²) in [6, 6.07) is 38.8. The van der Waals surface area contributed by atoms with Gasteiger partial charge in [-0.05, 0) is 58.7 Å². The van der Waals surface area contributed by atoms with Gasteiger partial charge in [-0.25, -0.2) is 0 Å². The fraction of sp³-hybridized carbons (Fsp3) is 0.275. The van der Waals surface area contributed by atoms with E-state index >= 15 is 0 Å². The first-order valence-electron chi connectivity index (χ1n) is 14.6. The van der Waals surface area contributed by atoms with Crippen molar-refractivity contribution in [2.75, 3.05) is 28.2 Å². The van der Waals surface area contributed by atoms with Crippen molar-refractivity contribution in [2.45, 2.75) is 39.9 Å². The van der Waals surface area contributed by atoms with Crippen LogP contribution in [0.3, 0.4) is 0 Å². The van der Waals surface area contributed by atoms with Gasteiger partial charge in [0.2, 0.25) is 0 Å². The van der Waals surface area contributed by atoms with Crippen LogP contribution in [0.25, 0.3) is 0 Å². The van der Waals surface area contributed by atoms with Crippen molar-refractivity contribution in [1.29, 1.82) is 0 Å². The summed E-state index contributed by atoms with van der Waals surface area (Å²) in [5.41, 5.74) is 5.66. The molecule has 0 bridgehead atoms. The number of hydrogen-bond acceptors (Lipinski definition) is 4. The van der Waals surface area contributed by atoms with Crippen LogP contribution in [0.5, 0.6) is 0 Å². The minimum absolute atomic E-state index is 0. The van der Waals surface area contributed by atoms with Gasteiger partial charge in [0.15, 0.2) is 0 Å². The predicted molar refractivity (Wildman–Crippen MR) is 193 cm³/mol. The van der Waals surface area contributed by atoms with Crippen LogP contribution in [0.15, 0.2) is 133 Å². The van der Waals surface area contributed by atoms with E-state index < -0.39 is 0 Å². The van der Waals surface area contributed by atoms with Gasteiger partial charge in [-0.15, -0.1) is 11.1 Å². The summed E-state index contributed by atoms with van der Waals surface area (Å²) in [6.45, 7) is 15.2. The zero-order chi connectivity index (χ0) is 31.9. The summed E-state index contributed by atoms with van der Waals surface area (Å²) in [6.07, 6.45) is 5.37. The van der Waals surface area contributed by atoms with Gasteiger partial charge in [0, 0.05) is 25.5 Å². The Balaban J connectivity index is 0. The first-order valence-corrected chi connectivity index (χ1v) is 14.6. The van der Waals surface area contributed by atoms with Gasteiger partial charge in [0.05, 0.1) is 11.7 Å². The maximum absolute atomic E-state index is 4.68. The second-order valence-electron chi connectivity index (χ2n) is 10.9. The molecule has 1 atom stereocenters. The fourth-order valence-electron chi connectivity index (χ4n) is 3.64. The molecular weight excluding hydrogens is 592 g/mol. The Labute approximate surface area is 286 Å². The molecule has 45 heavy (non-hydrogen) atoms. The van der Waals surface area contributed by atoms with Crippen LogP contribution in [0, 0.1) is 25.5 Å². The minimum Gasteiger partial charge on any atom is -0.358 e. The first kappa shape index (κ1) is 43.5. The van der Waals surface area contributed by atoms with Crippen molar-refractivity contribution in [3.63, 3.8) is 0 Å². The van der Waals surface area contributed by atoms with Crippen LogP contribution in [0.4, 0.5) is 0 Å². The van der Waals surface area contributed by atoms with Crippen molar-refractivity contribution in [1.82, 2.24) is 14.8 Å². The van der Waals surface area contributed by atoms with E-state index in [9.17, 15) is 0 Å². The molecule has 1 heterocycles. The quantitative estimate of drug-likeness (QED) is 0.0788. The molecular formula is C40H53FeN4+2. The molecule has 3 aromatic carbocycles. The van der Waals surface area contributed by atoms with Crippen LogP contribution in [0.1, 0.15) is 49.2 Å².